The van der Waals surface area contributed by atoms with Gasteiger partial charge in [-0.25, -0.2) is 4.98 Å². The Balaban J connectivity index is 2.07. The lowest BCUT2D eigenvalue weighted by Gasteiger charge is -2.34. The summed E-state index contributed by atoms with van der Waals surface area (Å²) in [6.45, 7) is 5.10. The van der Waals surface area contributed by atoms with Gasteiger partial charge in [0, 0.05) is 31.4 Å². The fraction of sp³-hybridized carbons (Fsp3) is 0.625. The maximum atomic E-state index is 12.6. The summed E-state index contributed by atoms with van der Waals surface area (Å²) >= 11 is 0. The Morgan fingerprint density at radius 1 is 1.50 bits per heavy atom. The molecule has 1 heterocycles. The zero-order valence-electron chi connectivity index (χ0n) is 12.7. The first-order valence-electron chi connectivity index (χ1n) is 7.59. The second-order valence-electron chi connectivity index (χ2n) is 5.80. The van der Waals surface area contributed by atoms with Gasteiger partial charge in [-0.3, -0.25) is 4.79 Å². The molecule has 1 aliphatic rings. The van der Waals surface area contributed by atoms with Crippen molar-refractivity contribution >= 4 is 11.7 Å². The van der Waals surface area contributed by atoms with E-state index in [1.54, 1.807) is 12.3 Å². The Kier molecular flexibility index (Phi) is 4.99. The van der Waals surface area contributed by atoms with Crippen LogP contribution in [-0.2, 0) is 0 Å². The highest BCUT2D eigenvalue weighted by molar-refractivity contribution is 5.94. The molecule has 0 aliphatic heterocycles. The molecule has 1 fully saturated rings. The van der Waals surface area contributed by atoms with Crippen LogP contribution in [0.3, 0.4) is 0 Å². The quantitative estimate of drug-likeness (QED) is 0.918. The molecule has 1 saturated carbocycles. The molecule has 4 nitrogen and oxygen atoms in total. The molecule has 0 bridgehead atoms. The zero-order valence-corrected chi connectivity index (χ0v) is 12.7. The predicted octanol–water partition coefficient (Wildman–Crippen LogP) is 3.16. The number of nitrogens with one attached hydrogen (secondary N) is 1. The van der Waals surface area contributed by atoms with Crippen LogP contribution in [0, 0.1) is 5.92 Å². The van der Waals surface area contributed by atoms with E-state index in [0.717, 1.165) is 36.7 Å². The van der Waals surface area contributed by atoms with Crippen molar-refractivity contribution in [1.82, 2.24) is 9.88 Å². The predicted molar refractivity (Wildman–Crippen MR) is 81.9 cm³/mol. The number of hydrogen-bond donors (Lipinski definition) is 1. The highest BCUT2D eigenvalue weighted by atomic mass is 16.2. The van der Waals surface area contributed by atoms with E-state index >= 15 is 0 Å². The normalized spacial score (nSPS) is 22.4. The van der Waals surface area contributed by atoms with Gasteiger partial charge >= 0.3 is 0 Å². The number of aromatic nitrogens is 1. The number of hydrogen-bond acceptors (Lipinski definition) is 3. The van der Waals surface area contributed by atoms with Crippen molar-refractivity contribution in [3.8, 4) is 0 Å². The summed E-state index contributed by atoms with van der Waals surface area (Å²) in [6, 6.07) is 4.02. The third-order valence-electron chi connectivity index (χ3n) is 4.14. The fourth-order valence-electron chi connectivity index (χ4n) is 2.96. The molecule has 0 saturated heterocycles. The van der Waals surface area contributed by atoms with Crippen molar-refractivity contribution in [2.45, 2.75) is 45.6 Å². The first-order chi connectivity index (χ1) is 9.61. The van der Waals surface area contributed by atoms with E-state index in [1.807, 2.05) is 24.9 Å². The minimum Gasteiger partial charge on any atom is -0.370 e. The van der Waals surface area contributed by atoms with Gasteiger partial charge in [0.05, 0.1) is 0 Å². The number of amides is 1. The van der Waals surface area contributed by atoms with Gasteiger partial charge < -0.3 is 10.2 Å². The minimum absolute atomic E-state index is 0.102. The number of nitrogens with zero attached hydrogens (tertiary/aromatic N) is 2. The monoisotopic (exact) mass is 275 g/mol. The van der Waals surface area contributed by atoms with Gasteiger partial charge in [-0.05, 0) is 37.8 Å². The standard InChI is InChI=1S/C16H25N3O/c1-4-17-15-11-13(8-9-18-15)16(20)19(3)14-7-5-6-12(2)10-14/h8-9,11-12,14H,4-7,10H2,1-3H3,(H,17,18). The average molecular weight is 275 g/mol. The van der Waals surface area contributed by atoms with Crippen LogP contribution in [0.15, 0.2) is 18.3 Å². The van der Waals surface area contributed by atoms with Gasteiger partial charge in [-0.15, -0.1) is 0 Å². The SMILES string of the molecule is CCNc1cc(C(=O)N(C)C2CCCC(C)C2)ccn1. The molecule has 20 heavy (non-hydrogen) atoms. The number of carbonyl (C=O) groups excluding carboxylic acids is 1. The van der Waals surface area contributed by atoms with Crippen LogP contribution in [-0.4, -0.2) is 35.4 Å². The molecule has 2 atom stereocenters. The molecule has 1 amide bonds. The molecule has 0 spiro atoms. The third-order valence-corrected chi connectivity index (χ3v) is 4.14. The van der Waals surface area contributed by atoms with Crippen LogP contribution < -0.4 is 5.32 Å². The summed E-state index contributed by atoms with van der Waals surface area (Å²) in [5.74, 6) is 1.59. The number of carbonyl (C=O) groups is 1. The van der Waals surface area contributed by atoms with Crippen molar-refractivity contribution in [1.29, 1.82) is 0 Å². The molecule has 1 N–H and O–H groups in total. The van der Waals surface area contributed by atoms with E-state index in [4.69, 9.17) is 0 Å². The highest BCUT2D eigenvalue weighted by Crippen LogP contribution is 2.27. The summed E-state index contributed by atoms with van der Waals surface area (Å²) in [7, 11) is 1.93. The van der Waals surface area contributed by atoms with Gasteiger partial charge in [-0.1, -0.05) is 19.8 Å². The summed E-state index contributed by atoms with van der Waals surface area (Å²) in [5, 5.41) is 3.15. The summed E-state index contributed by atoms with van der Waals surface area (Å²) in [5.41, 5.74) is 0.719. The Morgan fingerprint density at radius 2 is 2.30 bits per heavy atom. The van der Waals surface area contributed by atoms with E-state index in [0.29, 0.717) is 6.04 Å². The topological polar surface area (TPSA) is 45.2 Å². The van der Waals surface area contributed by atoms with Crippen LogP contribution in [0.25, 0.3) is 0 Å². The molecule has 1 aliphatic carbocycles. The van der Waals surface area contributed by atoms with Crippen LogP contribution in [0.4, 0.5) is 5.82 Å². The first-order valence-corrected chi connectivity index (χ1v) is 7.59. The van der Waals surface area contributed by atoms with Crippen molar-refractivity contribution in [2.24, 2.45) is 5.92 Å². The van der Waals surface area contributed by atoms with Crippen LogP contribution >= 0.6 is 0 Å². The van der Waals surface area contributed by atoms with Crippen molar-refractivity contribution in [3.05, 3.63) is 23.9 Å². The van der Waals surface area contributed by atoms with Gasteiger partial charge in [-0.2, -0.15) is 0 Å². The molecular formula is C16H25N3O. The summed E-state index contributed by atoms with van der Waals surface area (Å²) < 4.78 is 0. The van der Waals surface area contributed by atoms with Crippen molar-refractivity contribution in [2.75, 3.05) is 18.9 Å². The minimum atomic E-state index is 0.102. The van der Waals surface area contributed by atoms with E-state index in [1.165, 1.54) is 12.8 Å². The third kappa shape index (κ3) is 3.50. The van der Waals surface area contributed by atoms with Crippen LogP contribution in [0.1, 0.15) is 49.9 Å². The molecule has 1 aromatic rings. The number of pyridine rings is 1. The summed E-state index contributed by atoms with van der Waals surface area (Å²) in [4.78, 5) is 18.7. The largest absolute Gasteiger partial charge is 0.370 e. The molecule has 1 aromatic heterocycles. The molecule has 2 unspecified atom stereocenters. The number of rotatable bonds is 4. The zero-order chi connectivity index (χ0) is 14.5. The lowest BCUT2D eigenvalue weighted by atomic mass is 9.86. The molecule has 4 heteroatoms. The van der Waals surface area contributed by atoms with E-state index in [9.17, 15) is 4.79 Å². The van der Waals surface area contributed by atoms with Gasteiger partial charge in [0.15, 0.2) is 0 Å². The maximum absolute atomic E-state index is 12.6. The lowest BCUT2D eigenvalue weighted by molar-refractivity contribution is 0.0672. The fourth-order valence-corrected chi connectivity index (χ4v) is 2.96. The Morgan fingerprint density at radius 3 is 3.00 bits per heavy atom. The van der Waals surface area contributed by atoms with E-state index in [2.05, 4.69) is 17.2 Å². The van der Waals surface area contributed by atoms with E-state index < -0.39 is 0 Å². The second kappa shape index (κ2) is 6.73. The average Bonchev–Trinajstić information content (AvgIpc) is 2.46. The Bertz CT molecular complexity index is 461. The molecule has 0 radical (unpaired) electrons. The smallest absolute Gasteiger partial charge is 0.254 e. The maximum Gasteiger partial charge on any atom is 0.254 e. The molecular weight excluding hydrogens is 250 g/mol. The van der Waals surface area contributed by atoms with Gasteiger partial charge in [0.2, 0.25) is 0 Å². The van der Waals surface area contributed by atoms with Gasteiger partial charge in [0.1, 0.15) is 5.82 Å². The first kappa shape index (κ1) is 14.8. The summed E-state index contributed by atoms with van der Waals surface area (Å²) in [6.07, 6.45) is 6.45. The van der Waals surface area contributed by atoms with Crippen LogP contribution in [0.5, 0.6) is 0 Å². The Hall–Kier alpha value is -1.58. The van der Waals surface area contributed by atoms with Gasteiger partial charge in [0.25, 0.3) is 5.91 Å². The molecule has 2 rings (SSSR count). The molecule has 110 valence electrons. The van der Waals surface area contributed by atoms with E-state index in [-0.39, 0.29) is 5.91 Å². The molecule has 0 aromatic carbocycles. The second-order valence-corrected chi connectivity index (χ2v) is 5.80. The highest BCUT2D eigenvalue weighted by Gasteiger charge is 2.26. The number of anilines is 1. The Labute approximate surface area is 121 Å². The van der Waals surface area contributed by atoms with Crippen molar-refractivity contribution in [3.63, 3.8) is 0 Å². The lowest BCUT2D eigenvalue weighted by Crippen LogP contribution is -2.39. The van der Waals surface area contributed by atoms with Crippen LogP contribution in [0.2, 0.25) is 0 Å². The van der Waals surface area contributed by atoms with Crippen molar-refractivity contribution < 1.29 is 4.79 Å².